The molecule has 2 aliphatic rings. The van der Waals surface area contributed by atoms with Crippen LogP contribution in [0.25, 0.3) is 5.82 Å². The van der Waals surface area contributed by atoms with Crippen LogP contribution >= 0.6 is 0 Å². The molecule has 2 fully saturated rings. The number of imidazole rings is 1. The predicted molar refractivity (Wildman–Crippen MR) is 91.7 cm³/mol. The maximum Gasteiger partial charge on any atom is 0.138 e. The SMILES string of the molecule is CCc1nccn1-c1cccc(C2CCCN2C2CCCC2)n1. The van der Waals surface area contributed by atoms with Crippen molar-refractivity contribution in [3.8, 4) is 5.82 Å². The fourth-order valence-corrected chi connectivity index (χ4v) is 4.34. The highest BCUT2D eigenvalue weighted by atomic mass is 15.2. The number of rotatable bonds is 4. The lowest BCUT2D eigenvalue weighted by Crippen LogP contribution is -2.33. The van der Waals surface area contributed by atoms with Crippen molar-refractivity contribution in [1.82, 2.24) is 19.4 Å². The molecule has 1 saturated carbocycles. The Labute approximate surface area is 138 Å². The molecule has 1 atom stereocenters. The summed E-state index contributed by atoms with van der Waals surface area (Å²) in [5.41, 5.74) is 1.24. The number of aromatic nitrogens is 3. The van der Waals surface area contributed by atoms with Crippen molar-refractivity contribution in [2.45, 2.75) is 64.0 Å². The highest BCUT2D eigenvalue weighted by Crippen LogP contribution is 2.37. The fourth-order valence-electron chi connectivity index (χ4n) is 4.34. The molecule has 0 aromatic carbocycles. The van der Waals surface area contributed by atoms with E-state index in [9.17, 15) is 0 Å². The number of likely N-dealkylation sites (tertiary alicyclic amines) is 1. The first-order valence-electron chi connectivity index (χ1n) is 9.12. The van der Waals surface area contributed by atoms with Gasteiger partial charge in [-0.1, -0.05) is 25.8 Å². The zero-order valence-corrected chi connectivity index (χ0v) is 14.0. The maximum atomic E-state index is 5.01. The van der Waals surface area contributed by atoms with Crippen LogP contribution in [-0.4, -0.2) is 32.0 Å². The van der Waals surface area contributed by atoms with Crippen molar-refractivity contribution in [2.75, 3.05) is 6.54 Å². The van der Waals surface area contributed by atoms with Crippen molar-refractivity contribution in [3.05, 3.63) is 42.1 Å². The van der Waals surface area contributed by atoms with E-state index in [0.29, 0.717) is 6.04 Å². The maximum absolute atomic E-state index is 5.01. The molecular formula is C19H26N4. The topological polar surface area (TPSA) is 34.0 Å². The van der Waals surface area contributed by atoms with Crippen molar-refractivity contribution in [2.24, 2.45) is 0 Å². The van der Waals surface area contributed by atoms with Crippen LogP contribution in [0.15, 0.2) is 30.6 Å². The molecule has 1 saturated heterocycles. The summed E-state index contributed by atoms with van der Waals surface area (Å²) in [6.45, 7) is 3.38. The lowest BCUT2D eigenvalue weighted by molar-refractivity contribution is 0.180. The average molecular weight is 310 g/mol. The molecule has 1 aliphatic carbocycles. The second-order valence-electron chi connectivity index (χ2n) is 6.82. The van der Waals surface area contributed by atoms with Crippen LogP contribution in [-0.2, 0) is 6.42 Å². The van der Waals surface area contributed by atoms with E-state index in [1.54, 1.807) is 0 Å². The van der Waals surface area contributed by atoms with Crippen molar-refractivity contribution < 1.29 is 0 Å². The van der Waals surface area contributed by atoms with Gasteiger partial charge in [0.2, 0.25) is 0 Å². The van der Waals surface area contributed by atoms with Gasteiger partial charge >= 0.3 is 0 Å². The standard InChI is InChI=1S/C19H26N4/c1-2-18-20-12-14-23(18)19-11-5-9-16(21-19)17-10-6-13-22(17)15-7-3-4-8-15/h5,9,11-12,14-15,17H,2-4,6-8,10,13H2,1H3. The fraction of sp³-hybridized carbons (Fsp3) is 0.579. The third-order valence-electron chi connectivity index (χ3n) is 5.47. The number of aryl methyl sites for hydroxylation is 1. The van der Waals surface area contributed by atoms with E-state index in [1.807, 2.05) is 12.4 Å². The molecule has 4 heteroatoms. The zero-order chi connectivity index (χ0) is 15.6. The number of hydrogen-bond donors (Lipinski definition) is 0. The Morgan fingerprint density at radius 2 is 2.00 bits per heavy atom. The molecule has 0 radical (unpaired) electrons. The number of nitrogens with zero attached hydrogens (tertiary/aromatic N) is 4. The normalized spacial score (nSPS) is 22.9. The predicted octanol–water partition coefficient (Wildman–Crippen LogP) is 3.91. The van der Waals surface area contributed by atoms with Gasteiger partial charge in [-0.25, -0.2) is 9.97 Å². The molecule has 23 heavy (non-hydrogen) atoms. The minimum atomic E-state index is 0.506. The molecule has 2 aromatic heterocycles. The Hall–Kier alpha value is -1.68. The minimum absolute atomic E-state index is 0.506. The van der Waals surface area contributed by atoms with Gasteiger partial charge in [0, 0.05) is 24.9 Å². The van der Waals surface area contributed by atoms with Crippen molar-refractivity contribution in [1.29, 1.82) is 0 Å². The van der Waals surface area contributed by atoms with E-state index in [1.165, 1.54) is 50.8 Å². The molecule has 2 aromatic rings. The van der Waals surface area contributed by atoms with E-state index >= 15 is 0 Å². The lowest BCUT2D eigenvalue weighted by atomic mass is 10.1. The Balaban J connectivity index is 1.63. The Bertz CT molecular complexity index is 657. The molecule has 3 heterocycles. The molecule has 4 nitrogen and oxygen atoms in total. The first-order chi connectivity index (χ1) is 11.4. The van der Waals surface area contributed by atoms with Gasteiger partial charge in [0.25, 0.3) is 0 Å². The third kappa shape index (κ3) is 2.80. The second kappa shape index (κ2) is 6.44. The van der Waals surface area contributed by atoms with E-state index in [0.717, 1.165) is 24.1 Å². The first-order valence-corrected chi connectivity index (χ1v) is 9.12. The lowest BCUT2D eigenvalue weighted by Gasteiger charge is -2.30. The van der Waals surface area contributed by atoms with Crippen LogP contribution in [0.3, 0.4) is 0 Å². The summed E-state index contributed by atoms with van der Waals surface area (Å²) >= 11 is 0. The summed E-state index contributed by atoms with van der Waals surface area (Å²) in [7, 11) is 0. The van der Waals surface area contributed by atoms with Crippen LogP contribution in [0.1, 0.15) is 63.0 Å². The second-order valence-corrected chi connectivity index (χ2v) is 6.82. The highest BCUT2D eigenvalue weighted by molar-refractivity contribution is 5.28. The van der Waals surface area contributed by atoms with Gasteiger partial charge in [-0.2, -0.15) is 0 Å². The van der Waals surface area contributed by atoms with Crippen molar-refractivity contribution >= 4 is 0 Å². The van der Waals surface area contributed by atoms with Crippen molar-refractivity contribution in [3.63, 3.8) is 0 Å². The van der Waals surface area contributed by atoms with E-state index in [4.69, 9.17) is 4.98 Å². The highest BCUT2D eigenvalue weighted by Gasteiger charge is 2.33. The largest absolute Gasteiger partial charge is 0.292 e. The summed E-state index contributed by atoms with van der Waals surface area (Å²) in [5.74, 6) is 2.09. The molecule has 0 spiro atoms. The van der Waals surface area contributed by atoms with E-state index < -0.39 is 0 Å². The minimum Gasteiger partial charge on any atom is -0.292 e. The smallest absolute Gasteiger partial charge is 0.138 e. The van der Waals surface area contributed by atoms with Crippen LogP contribution < -0.4 is 0 Å². The van der Waals surface area contributed by atoms with Gasteiger partial charge in [0.15, 0.2) is 0 Å². The molecule has 0 amide bonds. The quantitative estimate of drug-likeness (QED) is 0.858. The summed E-state index contributed by atoms with van der Waals surface area (Å²) in [6, 6.07) is 7.75. The Morgan fingerprint density at radius 1 is 1.13 bits per heavy atom. The molecule has 0 bridgehead atoms. The molecular weight excluding hydrogens is 284 g/mol. The van der Waals surface area contributed by atoms with E-state index in [-0.39, 0.29) is 0 Å². The number of hydrogen-bond acceptors (Lipinski definition) is 3. The van der Waals surface area contributed by atoms with Crippen LogP contribution in [0, 0.1) is 0 Å². The van der Waals surface area contributed by atoms with Gasteiger partial charge in [-0.3, -0.25) is 9.47 Å². The van der Waals surface area contributed by atoms with Gasteiger partial charge in [0.1, 0.15) is 11.6 Å². The first kappa shape index (κ1) is 14.9. The molecule has 1 unspecified atom stereocenters. The average Bonchev–Trinajstić information content (AvgIpc) is 3.34. The van der Waals surface area contributed by atoms with Gasteiger partial charge in [-0.15, -0.1) is 0 Å². The van der Waals surface area contributed by atoms with Gasteiger partial charge in [-0.05, 0) is 44.4 Å². The molecule has 0 N–H and O–H groups in total. The summed E-state index contributed by atoms with van der Waals surface area (Å²) in [6.07, 6.45) is 12.9. The Morgan fingerprint density at radius 3 is 2.83 bits per heavy atom. The molecule has 122 valence electrons. The summed E-state index contributed by atoms with van der Waals surface area (Å²) in [5, 5.41) is 0. The molecule has 4 rings (SSSR count). The Kier molecular flexibility index (Phi) is 4.17. The summed E-state index contributed by atoms with van der Waals surface area (Å²) < 4.78 is 2.12. The van der Waals surface area contributed by atoms with Gasteiger partial charge in [0.05, 0.1) is 11.7 Å². The monoisotopic (exact) mass is 310 g/mol. The van der Waals surface area contributed by atoms with E-state index in [2.05, 4.69) is 39.6 Å². The van der Waals surface area contributed by atoms with Crippen LogP contribution in [0.5, 0.6) is 0 Å². The summed E-state index contributed by atoms with van der Waals surface area (Å²) in [4.78, 5) is 12.2. The third-order valence-corrected chi connectivity index (χ3v) is 5.47. The van der Waals surface area contributed by atoms with Crippen LogP contribution in [0.4, 0.5) is 0 Å². The van der Waals surface area contributed by atoms with Gasteiger partial charge < -0.3 is 0 Å². The molecule has 1 aliphatic heterocycles. The number of pyridine rings is 1. The zero-order valence-electron chi connectivity index (χ0n) is 14.0. The van der Waals surface area contributed by atoms with Crippen LogP contribution in [0.2, 0.25) is 0 Å².